The number of hydrogen-bond acceptors (Lipinski definition) is 3. The summed E-state index contributed by atoms with van der Waals surface area (Å²) in [6.45, 7) is 0.963. The smallest absolute Gasteiger partial charge is 0.419 e. The molecule has 4 rings (SSSR count). The van der Waals surface area contributed by atoms with Crippen LogP contribution in [0.2, 0.25) is 0 Å². The Hall–Kier alpha value is -3.36. The number of aromatic nitrogens is 2. The van der Waals surface area contributed by atoms with Gasteiger partial charge in [-0.2, -0.15) is 13.2 Å². The molecule has 0 atom stereocenters. The summed E-state index contributed by atoms with van der Waals surface area (Å²) >= 11 is 0. The van der Waals surface area contributed by atoms with E-state index in [4.69, 9.17) is 4.74 Å². The van der Waals surface area contributed by atoms with Crippen LogP contribution in [0.3, 0.4) is 0 Å². The number of aromatic amines is 1. The van der Waals surface area contributed by atoms with Crippen LogP contribution in [0.4, 0.5) is 17.6 Å². The molecular weight excluding hydrogens is 402 g/mol. The molecule has 0 bridgehead atoms. The molecule has 1 aliphatic heterocycles. The molecule has 5 nitrogen and oxygen atoms in total. The number of nitrogens with zero attached hydrogens (tertiary/aromatic N) is 2. The minimum absolute atomic E-state index is 0.0398. The van der Waals surface area contributed by atoms with Gasteiger partial charge in [0.15, 0.2) is 0 Å². The monoisotopic (exact) mass is 419 g/mol. The molecule has 3 aromatic rings. The first-order chi connectivity index (χ1) is 14.3. The highest BCUT2D eigenvalue weighted by Crippen LogP contribution is 2.34. The zero-order chi connectivity index (χ0) is 21.3. The second-order valence-corrected chi connectivity index (χ2v) is 6.95. The number of rotatable bonds is 4. The van der Waals surface area contributed by atoms with E-state index < -0.39 is 17.6 Å². The van der Waals surface area contributed by atoms with Crippen molar-refractivity contribution in [2.24, 2.45) is 0 Å². The van der Waals surface area contributed by atoms with E-state index in [1.807, 2.05) is 6.07 Å². The summed E-state index contributed by atoms with van der Waals surface area (Å²) in [7, 11) is 0. The summed E-state index contributed by atoms with van der Waals surface area (Å²) in [6.07, 6.45) is -0.679. The molecule has 1 N–H and O–H groups in total. The predicted octanol–water partition coefficient (Wildman–Crippen LogP) is 4.49. The van der Waals surface area contributed by atoms with E-state index in [1.54, 1.807) is 29.4 Å². The van der Waals surface area contributed by atoms with Crippen molar-refractivity contribution in [1.82, 2.24) is 14.9 Å². The summed E-state index contributed by atoms with van der Waals surface area (Å²) in [4.78, 5) is 21.2. The van der Waals surface area contributed by atoms with Crippen LogP contribution in [-0.2, 0) is 30.4 Å². The fourth-order valence-electron chi connectivity index (χ4n) is 3.38. The fraction of sp³-hybridized carbons (Fsp3) is 0.238. The molecule has 1 amide bonds. The molecule has 0 unspecified atom stereocenters. The first-order valence-corrected chi connectivity index (χ1v) is 9.22. The van der Waals surface area contributed by atoms with E-state index in [9.17, 15) is 22.4 Å². The summed E-state index contributed by atoms with van der Waals surface area (Å²) < 4.78 is 57.4. The SMILES string of the molecule is O=C(Cc1ncc[nH]1)N1CCc2ccc(Oc3ccc(C(F)(F)F)c(F)c3)cc2C1. The van der Waals surface area contributed by atoms with Crippen LogP contribution >= 0.6 is 0 Å². The van der Waals surface area contributed by atoms with Gasteiger partial charge in [-0.15, -0.1) is 0 Å². The van der Waals surface area contributed by atoms with Gasteiger partial charge in [0.1, 0.15) is 23.1 Å². The van der Waals surface area contributed by atoms with Gasteiger partial charge in [0.25, 0.3) is 0 Å². The molecule has 30 heavy (non-hydrogen) atoms. The van der Waals surface area contributed by atoms with Crippen molar-refractivity contribution in [3.05, 3.63) is 77.1 Å². The first kappa shape index (κ1) is 19.9. The van der Waals surface area contributed by atoms with Gasteiger partial charge >= 0.3 is 6.18 Å². The third kappa shape index (κ3) is 4.29. The molecule has 0 radical (unpaired) electrons. The van der Waals surface area contributed by atoms with Gasteiger partial charge in [0.2, 0.25) is 5.91 Å². The number of alkyl halides is 3. The molecule has 2 aromatic carbocycles. The molecule has 0 spiro atoms. The van der Waals surface area contributed by atoms with Crippen LogP contribution in [0.5, 0.6) is 11.5 Å². The van der Waals surface area contributed by atoms with E-state index in [-0.39, 0.29) is 18.1 Å². The fourth-order valence-corrected chi connectivity index (χ4v) is 3.38. The van der Waals surface area contributed by atoms with E-state index in [1.165, 1.54) is 0 Å². The highest BCUT2D eigenvalue weighted by molar-refractivity contribution is 5.78. The number of carbonyl (C=O) groups is 1. The molecule has 9 heteroatoms. The number of imidazole rings is 1. The lowest BCUT2D eigenvalue weighted by Crippen LogP contribution is -2.37. The van der Waals surface area contributed by atoms with Crippen LogP contribution in [0.15, 0.2) is 48.8 Å². The number of benzene rings is 2. The Bertz CT molecular complexity index is 1060. The highest BCUT2D eigenvalue weighted by atomic mass is 19.4. The zero-order valence-corrected chi connectivity index (χ0v) is 15.7. The highest BCUT2D eigenvalue weighted by Gasteiger charge is 2.34. The number of H-pyrrole nitrogens is 1. The van der Waals surface area contributed by atoms with Crippen molar-refractivity contribution < 1.29 is 27.1 Å². The molecule has 0 aliphatic carbocycles. The number of nitrogens with one attached hydrogen (secondary N) is 1. The van der Waals surface area contributed by atoms with Crippen molar-refractivity contribution in [2.75, 3.05) is 6.54 Å². The normalized spacial score (nSPS) is 13.8. The molecule has 156 valence electrons. The van der Waals surface area contributed by atoms with Crippen molar-refractivity contribution in [1.29, 1.82) is 0 Å². The lowest BCUT2D eigenvalue weighted by atomic mass is 9.99. The molecule has 1 aromatic heterocycles. The van der Waals surface area contributed by atoms with Crippen LogP contribution < -0.4 is 4.74 Å². The van der Waals surface area contributed by atoms with Gasteiger partial charge in [0.05, 0.1) is 12.0 Å². The maximum absolute atomic E-state index is 13.8. The molecule has 0 saturated heterocycles. The van der Waals surface area contributed by atoms with Gasteiger partial charge in [-0.3, -0.25) is 4.79 Å². The Morgan fingerprint density at radius 3 is 2.60 bits per heavy atom. The Morgan fingerprint density at radius 2 is 1.90 bits per heavy atom. The molecule has 0 saturated carbocycles. The van der Waals surface area contributed by atoms with Gasteiger partial charge in [-0.1, -0.05) is 6.07 Å². The third-order valence-corrected chi connectivity index (χ3v) is 4.90. The lowest BCUT2D eigenvalue weighted by molar-refractivity contribution is -0.140. The topological polar surface area (TPSA) is 58.2 Å². The van der Waals surface area contributed by atoms with Gasteiger partial charge in [-0.05, 0) is 41.8 Å². The van der Waals surface area contributed by atoms with Gasteiger partial charge in [0, 0.05) is 31.5 Å². The number of ether oxygens (including phenoxy) is 1. The zero-order valence-electron chi connectivity index (χ0n) is 15.7. The summed E-state index contributed by atoms with van der Waals surface area (Å²) in [5, 5.41) is 0. The van der Waals surface area contributed by atoms with Gasteiger partial charge in [-0.25, -0.2) is 9.37 Å². The van der Waals surface area contributed by atoms with Crippen molar-refractivity contribution in [3.63, 3.8) is 0 Å². The second kappa shape index (κ2) is 7.81. The van der Waals surface area contributed by atoms with Crippen LogP contribution in [0.1, 0.15) is 22.5 Å². The minimum Gasteiger partial charge on any atom is -0.457 e. The summed E-state index contributed by atoms with van der Waals surface area (Å²) in [6, 6.07) is 7.68. The Morgan fingerprint density at radius 1 is 1.13 bits per heavy atom. The van der Waals surface area contributed by atoms with Crippen LogP contribution in [-0.4, -0.2) is 27.3 Å². The molecule has 1 aliphatic rings. The Kier molecular flexibility index (Phi) is 5.19. The van der Waals surface area contributed by atoms with Crippen molar-refractivity contribution >= 4 is 5.91 Å². The Balaban J connectivity index is 1.48. The third-order valence-electron chi connectivity index (χ3n) is 4.90. The predicted molar refractivity (Wildman–Crippen MR) is 99.3 cm³/mol. The average molecular weight is 419 g/mol. The van der Waals surface area contributed by atoms with E-state index >= 15 is 0 Å². The van der Waals surface area contributed by atoms with E-state index in [0.717, 1.165) is 17.2 Å². The minimum atomic E-state index is -4.76. The van der Waals surface area contributed by atoms with E-state index in [2.05, 4.69) is 9.97 Å². The van der Waals surface area contributed by atoms with Gasteiger partial charge < -0.3 is 14.6 Å². The van der Waals surface area contributed by atoms with E-state index in [0.29, 0.717) is 43.2 Å². The molecular formula is C21H17F4N3O2. The standard InChI is InChI=1S/C21H17F4N3O2/c22-18-10-16(3-4-17(18)21(23,24)25)30-15-2-1-13-5-8-28(12-14(13)9-15)20(29)11-19-26-6-7-27-19/h1-4,6-7,9-10H,5,8,11-12H2,(H,26,27). The number of fused-ring (bicyclic) bond motifs is 1. The lowest BCUT2D eigenvalue weighted by Gasteiger charge is -2.29. The number of amides is 1. The van der Waals surface area contributed by atoms with Crippen molar-refractivity contribution in [2.45, 2.75) is 25.6 Å². The van der Waals surface area contributed by atoms with Crippen LogP contribution in [0.25, 0.3) is 0 Å². The number of halogens is 4. The summed E-state index contributed by atoms with van der Waals surface area (Å²) in [5.41, 5.74) is 0.591. The van der Waals surface area contributed by atoms with Crippen molar-refractivity contribution in [3.8, 4) is 11.5 Å². The number of carbonyl (C=O) groups excluding carboxylic acids is 1. The molecule has 2 heterocycles. The maximum atomic E-state index is 13.8. The largest absolute Gasteiger partial charge is 0.457 e. The average Bonchev–Trinajstić information content (AvgIpc) is 3.19. The quantitative estimate of drug-likeness (QED) is 0.634. The second-order valence-electron chi connectivity index (χ2n) is 6.95. The maximum Gasteiger partial charge on any atom is 0.419 e. The first-order valence-electron chi connectivity index (χ1n) is 9.22. The molecule has 0 fully saturated rings. The van der Waals surface area contributed by atoms with Crippen LogP contribution in [0, 0.1) is 5.82 Å². The summed E-state index contributed by atoms with van der Waals surface area (Å²) in [5.74, 6) is -0.554. The Labute approximate surface area is 169 Å². The number of hydrogen-bond donors (Lipinski definition) is 1.